The third-order valence-corrected chi connectivity index (χ3v) is 9.00. The predicted octanol–water partition coefficient (Wildman–Crippen LogP) is 4.58. The molecule has 3 nitrogen and oxygen atoms in total. The summed E-state index contributed by atoms with van der Waals surface area (Å²) in [7, 11) is 0. The average Bonchev–Trinajstić information content (AvgIpc) is 3.00. The van der Waals surface area contributed by atoms with Gasteiger partial charge in [-0.1, -0.05) is 19.1 Å². The number of hydrogen-bond donors (Lipinski definition) is 2. The zero-order valence-corrected chi connectivity index (χ0v) is 16.9. The number of allylic oxidation sites excluding steroid dienone is 1. The minimum Gasteiger partial charge on any atom is -0.396 e. The van der Waals surface area contributed by atoms with Crippen LogP contribution in [0.5, 0.6) is 0 Å². The van der Waals surface area contributed by atoms with E-state index in [1.165, 1.54) is 18.4 Å². The van der Waals surface area contributed by atoms with E-state index in [1.807, 2.05) is 6.08 Å². The van der Waals surface area contributed by atoms with Gasteiger partial charge >= 0.3 is 0 Å². The maximum atomic E-state index is 11.9. The molecule has 4 aliphatic rings. The maximum Gasteiger partial charge on any atom is 0.155 e. The third kappa shape index (κ3) is 2.80. The molecule has 3 fully saturated rings. The van der Waals surface area contributed by atoms with Crippen molar-refractivity contribution < 1.29 is 15.0 Å². The van der Waals surface area contributed by atoms with E-state index in [0.717, 1.165) is 56.9 Å². The van der Waals surface area contributed by atoms with Gasteiger partial charge in [0.2, 0.25) is 0 Å². The quantitative estimate of drug-likeness (QED) is 0.695. The summed E-state index contributed by atoms with van der Waals surface area (Å²) in [5, 5.41) is 21.1. The molecule has 3 saturated carbocycles. The van der Waals surface area contributed by atoms with Crippen LogP contribution in [0.1, 0.15) is 77.6 Å². The molecule has 0 radical (unpaired) electrons. The Morgan fingerprint density at radius 3 is 2.74 bits per heavy atom. The Kier molecular flexibility index (Phi) is 5.13. The van der Waals surface area contributed by atoms with Crippen molar-refractivity contribution in [2.75, 3.05) is 6.61 Å². The van der Waals surface area contributed by atoms with Crippen molar-refractivity contribution >= 4 is 5.78 Å². The lowest BCUT2D eigenvalue weighted by Crippen LogP contribution is -2.54. The van der Waals surface area contributed by atoms with E-state index in [0.29, 0.717) is 35.9 Å². The first-order valence-electron chi connectivity index (χ1n) is 11.2. The van der Waals surface area contributed by atoms with Gasteiger partial charge in [-0.2, -0.15) is 0 Å². The summed E-state index contributed by atoms with van der Waals surface area (Å²) < 4.78 is 0. The van der Waals surface area contributed by atoms with Crippen LogP contribution in [0.2, 0.25) is 0 Å². The minimum atomic E-state index is -0.759. The van der Waals surface area contributed by atoms with Gasteiger partial charge in [-0.15, -0.1) is 0 Å². The first-order chi connectivity index (χ1) is 13.0. The molecule has 6 atom stereocenters. The van der Waals surface area contributed by atoms with Gasteiger partial charge in [-0.25, -0.2) is 0 Å². The van der Waals surface area contributed by atoms with Crippen molar-refractivity contribution in [3.05, 3.63) is 23.8 Å². The van der Waals surface area contributed by atoms with E-state index in [-0.39, 0.29) is 12.0 Å². The number of aliphatic hydroxyl groups excluding tert-OH is 1. The van der Waals surface area contributed by atoms with Crippen LogP contribution in [0.3, 0.4) is 0 Å². The fourth-order valence-corrected chi connectivity index (χ4v) is 7.77. The number of carbonyl (C=O) groups excluding carboxylic acids is 1. The highest BCUT2D eigenvalue weighted by atomic mass is 16.3. The molecule has 0 bridgehead atoms. The highest BCUT2D eigenvalue weighted by molar-refractivity contribution is 5.91. The summed E-state index contributed by atoms with van der Waals surface area (Å²) in [4.78, 5) is 11.9. The highest BCUT2D eigenvalue weighted by Gasteiger charge is 2.64. The molecule has 0 saturated heterocycles. The molecule has 0 spiro atoms. The zero-order valence-electron chi connectivity index (χ0n) is 16.9. The lowest BCUT2D eigenvalue weighted by molar-refractivity contribution is -0.119. The molecule has 0 aliphatic heterocycles. The van der Waals surface area contributed by atoms with Gasteiger partial charge in [0.1, 0.15) is 0 Å². The fourth-order valence-electron chi connectivity index (χ4n) is 7.77. The lowest BCUT2D eigenvalue weighted by Gasteiger charge is -2.57. The monoisotopic (exact) mass is 372 g/mol. The summed E-state index contributed by atoms with van der Waals surface area (Å²) in [5.41, 5.74) is 1.59. The Morgan fingerprint density at radius 1 is 1.19 bits per heavy atom. The molecule has 0 aromatic rings. The maximum absolute atomic E-state index is 11.9. The molecule has 4 aliphatic carbocycles. The van der Waals surface area contributed by atoms with Gasteiger partial charge in [0, 0.05) is 18.4 Å². The second-order valence-electron chi connectivity index (χ2n) is 9.68. The Balaban J connectivity index is 1.61. The van der Waals surface area contributed by atoms with E-state index >= 15 is 0 Å². The summed E-state index contributed by atoms with van der Waals surface area (Å²) in [6.07, 6.45) is 12.7. The predicted molar refractivity (Wildman–Crippen MR) is 107 cm³/mol. The van der Waals surface area contributed by atoms with Crippen molar-refractivity contribution in [3.63, 3.8) is 0 Å². The standard InChI is InChI=1S/C24H36O3/c1-3-23-12-10-20-19-9-7-18(26)15-17(19)6-8-21(20)22(23)11-13-24(23,27)16(2)5-4-14-25/h15,19-22,25,27H,2-14H2,1H3/t19-,20+,21+,22-,23-,24+/m0/s1. The third-order valence-electron chi connectivity index (χ3n) is 9.00. The van der Waals surface area contributed by atoms with E-state index in [9.17, 15) is 15.0 Å². The second-order valence-corrected chi connectivity index (χ2v) is 9.68. The average molecular weight is 373 g/mol. The fraction of sp³-hybridized carbons (Fsp3) is 0.792. The zero-order chi connectivity index (χ0) is 19.2. The van der Waals surface area contributed by atoms with Crippen LogP contribution in [0.4, 0.5) is 0 Å². The van der Waals surface area contributed by atoms with Gasteiger partial charge in [0.15, 0.2) is 5.78 Å². The molecule has 0 aromatic heterocycles. The molecule has 2 N–H and O–H groups in total. The molecular formula is C24H36O3. The topological polar surface area (TPSA) is 57.5 Å². The van der Waals surface area contributed by atoms with Crippen molar-refractivity contribution in [2.45, 2.75) is 83.2 Å². The molecule has 27 heavy (non-hydrogen) atoms. The van der Waals surface area contributed by atoms with Gasteiger partial charge in [0.25, 0.3) is 0 Å². The second kappa shape index (κ2) is 7.15. The molecule has 0 amide bonds. The molecule has 0 aromatic carbocycles. The number of hydrogen-bond acceptors (Lipinski definition) is 3. The van der Waals surface area contributed by atoms with Crippen LogP contribution in [-0.2, 0) is 4.79 Å². The van der Waals surface area contributed by atoms with Crippen LogP contribution < -0.4 is 0 Å². The van der Waals surface area contributed by atoms with Gasteiger partial charge in [-0.05, 0) is 99.5 Å². The molecule has 0 unspecified atom stereocenters. The van der Waals surface area contributed by atoms with Crippen LogP contribution in [-0.4, -0.2) is 28.2 Å². The number of fused-ring (bicyclic) bond motifs is 5. The van der Waals surface area contributed by atoms with Gasteiger partial charge in [0.05, 0.1) is 5.60 Å². The van der Waals surface area contributed by atoms with Crippen molar-refractivity contribution in [3.8, 4) is 0 Å². The summed E-state index contributed by atoms with van der Waals surface area (Å²) in [5.74, 6) is 2.91. The van der Waals surface area contributed by atoms with Crippen LogP contribution in [0.15, 0.2) is 23.8 Å². The van der Waals surface area contributed by atoms with Crippen molar-refractivity contribution in [1.29, 1.82) is 0 Å². The molecule has 0 heterocycles. The van der Waals surface area contributed by atoms with E-state index in [4.69, 9.17) is 0 Å². The van der Waals surface area contributed by atoms with Crippen molar-refractivity contribution in [1.82, 2.24) is 0 Å². The number of ketones is 1. The van der Waals surface area contributed by atoms with Crippen LogP contribution >= 0.6 is 0 Å². The SMILES string of the molecule is C=C(CCCO)[C@]1(O)CC[C@H]2[C@@H]3CCC4=CC(=O)CC[C@@H]4[C@H]3CC[C@@]21CC. The van der Waals surface area contributed by atoms with Crippen LogP contribution in [0.25, 0.3) is 0 Å². The summed E-state index contributed by atoms with van der Waals surface area (Å²) in [6.45, 7) is 6.73. The van der Waals surface area contributed by atoms with E-state index in [2.05, 4.69) is 13.5 Å². The minimum absolute atomic E-state index is 0.0353. The molecule has 3 heteroatoms. The van der Waals surface area contributed by atoms with E-state index in [1.54, 1.807) is 0 Å². The number of rotatable bonds is 5. The van der Waals surface area contributed by atoms with Crippen LogP contribution in [0, 0.1) is 29.1 Å². The molecular weight excluding hydrogens is 336 g/mol. The Bertz CT molecular complexity index is 650. The normalized spacial score (nSPS) is 43.5. The largest absolute Gasteiger partial charge is 0.396 e. The lowest BCUT2D eigenvalue weighted by atomic mass is 9.48. The Hall–Kier alpha value is -0.930. The summed E-state index contributed by atoms with van der Waals surface area (Å²) >= 11 is 0. The number of aliphatic hydroxyl groups is 2. The molecule has 150 valence electrons. The van der Waals surface area contributed by atoms with E-state index < -0.39 is 5.60 Å². The smallest absolute Gasteiger partial charge is 0.155 e. The van der Waals surface area contributed by atoms with Gasteiger partial charge < -0.3 is 10.2 Å². The Labute approximate surface area is 163 Å². The molecule has 4 rings (SSSR count). The highest BCUT2D eigenvalue weighted by Crippen LogP contribution is 2.67. The van der Waals surface area contributed by atoms with Gasteiger partial charge in [-0.3, -0.25) is 4.79 Å². The first-order valence-corrected chi connectivity index (χ1v) is 11.2. The summed E-state index contributed by atoms with van der Waals surface area (Å²) in [6, 6.07) is 0. The first kappa shape index (κ1) is 19.4. The van der Waals surface area contributed by atoms with Crippen molar-refractivity contribution in [2.24, 2.45) is 29.1 Å². The number of carbonyl (C=O) groups is 1. The Morgan fingerprint density at radius 2 is 2.00 bits per heavy atom.